The molecule has 0 saturated carbocycles. The lowest BCUT2D eigenvalue weighted by Crippen LogP contribution is -2.14. The van der Waals surface area contributed by atoms with Crippen molar-refractivity contribution in [1.82, 2.24) is 0 Å². The second-order valence-electron chi connectivity index (χ2n) is 3.53. The van der Waals surface area contributed by atoms with E-state index in [9.17, 15) is 9.59 Å². The van der Waals surface area contributed by atoms with Crippen LogP contribution in [0.2, 0.25) is 5.02 Å². The number of hydrogen-bond donors (Lipinski definition) is 2. The number of carboxylic acids is 1. The lowest BCUT2D eigenvalue weighted by molar-refractivity contribution is 0.0698. The van der Waals surface area contributed by atoms with Crippen molar-refractivity contribution in [1.29, 1.82) is 0 Å². The molecule has 0 aliphatic carbocycles. The Morgan fingerprint density at radius 1 is 1.26 bits per heavy atom. The molecule has 1 aromatic heterocycles. The summed E-state index contributed by atoms with van der Waals surface area (Å²) in [4.78, 5) is 23.5. The van der Waals surface area contributed by atoms with Gasteiger partial charge in [0.25, 0.3) is 5.91 Å². The second-order valence-corrected chi connectivity index (χ2v) is 6.40. The minimum atomic E-state index is -1.15. The molecular formula is C12H7BrClNO3S. The van der Waals surface area contributed by atoms with Gasteiger partial charge in [0.15, 0.2) is 0 Å². The average Bonchev–Trinajstić information content (AvgIpc) is 2.78. The standard InChI is InChI=1S/C12H7BrClNO3S/c13-9-5-4-8(19-9)11(16)15-10-6(12(17)18)2-1-3-7(10)14/h1-5H,(H,15,16)(H,17,18). The summed E-state index contributed by atoms with van der Waals surface area (Å²) in [5.74, 6) is -1.54. The zero-order valence-corrected chi connectivity index (χ0v) is 12.5. The van der Waals surface area contributed by atoms with E-state index in [1.54, 1.807) is 12.1 Å². The SMILES string of the molecule is O=C(Nc1c(Cl)cccc1C(=O)O)c1ccc(Br)s1. The highest BCUT2D eigenvalue weighted by Crippen LogP contribution is 2.28. The fourth-order valence-corrected chi connectivity index (χ4v) is 2.94. The van der Waals surface area contributed by atoms with E-state index in [0.29, 0.717) is 4.88 Å². The van der Waals surface area contributed by atoms with Gasteiger partial charge in [-0.15, -0.1) is 11.3 Å². The van der Waals surface area contributed by atoms with Crippen molar-refractivity contribution >= 4 is 56.4 Å². The number of para-hydroxylation sites is 1. The molecule has 7 heteroatoms. The van der Waals surface area contributed by atoms with E-state index in [0.717, 1.165) is 3.79 Å². The second kappa shape index (κ2) is 5.73. The van der Waals surface area contributed by atoms with E-state index in [1.165, 1.54) is 29.5 Å². The van der Waals surface area contributed by atoms with Crippen LogP contribution < -0.4 is 5.32 Å². The Kier molecular flexibility index (Phi) is 4.24. The van der Waals surface area contributed by atoms with E-state index in [-0.39, 0.29) is 16.3 Å². The third-order valence-corrected chi connectivity index (χ3v) is 4.22. The Hall–Kier alpha value is -1.37. The lowest BCUT2D eigenvalue weighted by atomic mass is 10.1. The van der Waals surface area contributed by atoms with Crippen LogP contribution in [-0.2, 0) is 0 Å². The Balaban J connectivity index is 2.33. The van der Waals surface area contributed by atoms with Crippen LogP contribution in [0.25, 0.3) is 0 Å². The highest BCUT2D eigenvalue weighted by atomic mass is 79.9. The molecule has 0 atom stereocenters. The van der Waals surface area contributed by atoms with Gasteiger partial charge in [-0.3, -0.25) is 4.79 Å². The van der Waals surface area contributed by atoms with Gasteiger partial charge in [-0.1, -0.05) is 17.7 Å². The largest absolute Gasteiger partial charge is 0.478 e. The van der Waals surface area contributed by atoms with E-state index in [2.05, 4.69) is 21.2 Å². The van der Waals surface area contributed by atoms with Crippen molar-refractivity contribution in [3.8, 4) is 0 Å². The molecule has 2 aromatic rings. The van der Waals surface area contributed by atoms with Crippen LogP contribution >= 0.6 is 38.9 Å². The molecule has 19 heavy (non-hydrogen) atoms. The molecule has 4 nitrogen and oxygen atoms in total. The first-order chi connectivity index (χ1) is 8.99. The van der Waals surface area contributed by atoms with E-state index < -0.39 is 11.9 Å². The van der Waals surface area contributed by atoms with Crippen molar-refractivity contribution in [2.24, 2.45) is 0 Å². The van der Waals surface area contributed by atoms with Crippen molar-refractivity contribution in [2.75, 3.05) is 5.32 Å². The summed E-state index contributed by atoms with van der Waals surface area (Å²) in [7, 11) is 0. The van der Waals surface area contributed by atoms with Crippen molar-refractivity contribution in [2.45, 2.75) is 0 Å². The Bertz CT molecular complexity index is 656. The maximum atomic E-state index is 12.0. The number of rotatable bonds is 3. The van der Waals surface area contributed by atoms with Crippen LogP contribution in [0.4, 0.5) is 5.69 Å². The Morgan fingerprint density at radius 3 is 2.58 bits per heavy atom. The Morgan fingerprint density at radius 2 is 2.00 bits per heavy atom. The minimum Gasteiger partial charge on any atom is -0.478 e. The number of amides is 1. The summed E-state index contributed by atoms with van der Waals surface area (Å²) in [5.41, 5.74) is 0.0580. The molecule has 0 aliphatic rings. The summed E-state index contributed by atoms with van der Waals surface area (Å²) < 4.78 is 0.815. The summed E-state index contributed by atoms with van der Waals surface area (Å²) in [6, 6.07) is 7.80. The molecule has 0 spiro atoms. The van der Waals surface area contributed by atoms with Crippen LogP contribution in [0.15, 0.2) is 34.1 Å². The number of aromatic carboxylic acids is 1. The summed E-state index contributed by atoms with van der Waals surface area (Å²) in [6.07, 6.45) is 0. The van der Waals surface area contributed by atoms with Gasteiger partial charge in [0.1, 0.15) is 0 Å². The highest BCUT2D eigenvalue weighted by Gasteiger charge is 2.17. The first-order valence-corrected chi connectivity index (χ1v) is 7.06. The molecule has 0 bridgehead atoms. The molecule has 0 fully saturated rings. The van der Waals surface area contributed by atoms with Crippen molar-refractivity contribution < 1.29 is 14.7 Å². The molecule has 1 amide bonds. The van der Waals surface area contributed by atoms with Gasteiger partial charge in [-0.2, -0.15) is 0 Å². The van der Waals surface area contributed by atoms with Crippen molar-refractivity contribution in [3.63, 3.8) is 0 Å². The van der Waals surface area contributed by atoms with E-state index in [1.807, 2.05) is 0 Å². The van der Waals surface area contributed by atoms with Gasteiger partial charge in [-0.05, 0) is 40.2 Å². The van der Waals surface area contributed by atoms with Gasteiger partial charge in [-0.25, -0.2) is 4.79 Å². The minimum absolute atomic E-state index is 0.0449. The van der Waals surface area contributed by atoms with Crippen LogP contribution in [-0.4, -0.2) is 17.0 Å². The quantitative estimate of drug-likeness (QED) is 0.865. The summed E-state index contributed by atoms with van der Waals surface area (Å²) >= 11 is 10.4. The summed E-state index contributed by atoms with van der Waals surface area (Å²) in [6.45, 7) is 0. The maximum Gasteiger partial charge on any atom is 0.337 e. The highest BCUT2D eigenvalue weighted by molar-refractivity contribution is 9.11. The van der Waals surface area contributed by atoms with Gasteiger partial charge in [0, 0.05) is 0 Å². The number of carbonyl (C=O) groups excluding carboxylic acids is 1. The number of thiophene rings is 1. The number of carbonyl (C=O) groups is 2. The topological polar surface area (TPSA) is 66.4 Å². The smallest absolute Gasteiger partial charge is 0.337 e. The number of halogens is 2. The fraction of sp³-hybridized carbons (Fsp3) is 0. The van der Waals surface area contributed by atoms with E-state index >= 15 is 0 Å². The van der Waals surface area contributed by atoms with Gasteiger partial charge < -0.3 is 10.4 Å². The number of benzene rings is 1. The molecule has 98 valence electrons. The van der Waals surface area contributed by atoms with Crippen LogP contribution in [0.3, 0.4) is 0 Å². The molecule has 1 heterocycles. The zero-order valence-electron chi connectivity index (χ0n) is 9.31. The predicted molar refractivity (Wildman–Crippen MR) is 78.4 cm³/mol. The van der Waals surface area contributed by atoms with Gasteiger partial charge in [0.05, 0.1) is 24.9 Å². The third-order valence-electron chi connectivity index (χ3n) is 2.28. The van der Waals surface area contributed by atoms with Gasteiger partial charge in [0.2, 0.25) is 0 Å². The molecule has 0 unspecified atom stereocenters. The molecule has 0 radical (unpaired) electrons. The summed E-state index contributed by atoms with van der Waals surface area (Å²) in [5, 5.41) is 11.8. The zero-order chi connectivity index (χ0) is 14.0. The first kappa shape index (κ1) is 14.0. The third kappa shape index (κ3) is 3.15. The molecule has 0 saturated heterocycles. The number of hydrogen-bond acceptors (Lipinski definition) is 3. The van der Waals surface area contributed by atoms with E-state index in [4.69, 9.17) is 16.7 Å². The fourth-order valence-electron chi connectivity index (χ4n) is 1.44. The Labute approximate surface area is 126 Å². The molecule has 2 rings (SSSR count). The normalized spacial score (nSPS) is 10.2. The molecule has 1 aromatic carbocycles. The molecule has 2 N–H and O–H groups in total. The van der Waals surface area contributed by atoms with Crippen LogP contribution in [0, 0.1) is 0 Å². The average molecular weight is 361 g/mol. The maximum absolute atomic E-state index is 12.0. The van der Waals surface area contributed by atoms with Crippen LogP contribution in [0.1, 0.15) is 20.0 Å². The van der Waals surface area contributed by atoms with Gasteiger partial charge >= 0.3 is 5.97 Å². The molecule has 0 aliphatic heterocycles. The molecular weight excluding hydrogens is 354 g/mol. The first-order valence-electron chi connectivity index (χ1n) is 5.07. The number of anilines is 1. The van der Waals surface area contributed by atoms with Crippen LogP contribution in [0.5, 0.6) is 0 Å². The predicted octanol–water partition coefficient (Wildman–Crippen LogP) is 4.11. The number of carboxylic acid groups (broad SMARTS) is 1. The monoisotopic (exact) mass is 359 g/mol. The lowest BCUT2D eigenvalue weighted by Gasteiger charge is -2.09. The number of nitrogens with one attached hydrogen (secondary N) is 1. The van der Waals surface area contributed by atoms with Crippen molar-refractivity contribution in [3.05, 3.63) is 49.6 Å².